The molecule has 0 aliphatic heterocycles. The summed E-state index contributed by atoms with van der Waals surface area (Å²) in [6, 6.07) is 9.51. The van der Waals surface area contributed by atoms with Crippen LogP contribution in [-0.2, 0) is 11.3 Å². The molecule has 0 aliphatic rings. The number of aromatic nitrogens is 1. The van der Waals surface area contributed by atoms with Gasteiger partial charge in [0, 0.05) is 24.6 Å². The predicted molar refractivity (Wildman–Crippen MR) is 88.0 cm³/mol. The Morgan fingerprint density at radius 1 is 1.24 bits per heavy atom. The van der Waals surface area contributed by atoms with Crippen molar-refractivity contribution in [3.8, 4) is 0 Å². The molecule has 0 saturated heterocycles. The van der Waals surface area contributed by atoms with E-state index in [1.165, 1.54) is 10.6 Å². The molecule has 0 fully saturated rings. The van der Waals surface area contributed by atoms with Gasteiger partial charge in [0.1, 0.15) is 11.6 Å². The second-order valence-electron chi connectivity index (χ2n) is 5.69. The lowest BCUT2D eigenvalue weighted by Gasteiger charge is -2.15. The second kappa shape index (κ2) is 6.88. The van der Waals surface area contributed by atoms with Gasteiger partial charge in [0.05, 0.1) is 11.6 Å². The number of carbonyl (C=O) groups excluding carboxylic acids is 1. The van der Waals surface area contributed by atoms with Crippen LogP contribution in [0.25, 0.3) is 11.1 Å². The zero-order valence-corrected chi connectivity index (χ0v) is 13.5. The van der Waals surface area contributed by atoms with Crippen molar-refractivity contribution in [2.24, 2.45) is 0 Å². The smallest absolute Gasteiger partial charge is 0.408 e. The summed E-state index contributed by atoms with van der Waals surface area (Å²) >= 11 is 0. The number of aryl methyl sites for hydroxylation is 1. The topological polar surface area (TPSA) is 64.2 Å². The fourth-order valence-corrected chi connectivity index (χ4v) is 2.68. The van der Waals surface area contributed by atoms with Crippen LogP contribution in [0, 0.1) is 11.6 Å². The average molecular weight is 346 g/mol. The molecular weight excluding hydrogens is 330 g/mol. The number of para-hydroxylation sites is 2. The number of hydrogen-bond donors (Lipinski definition) is 1. The SMILES string of the molecule is C[C@H](NC(=O)CCn1c(=O)oc2ccccc21)c1ccc(F)cc1F. The van der Waals surface area contributed by atoms with Gasteiger partial charge in [-0.15, -0.1) is 0 Å². The molecule has 0 unspecified atom stereocenters. The van der Waals surface area contributed by atoms with Crippen molar-refractivity contribution in [3.63, 3.8) is 0 Å². The summed E-state index contributed by atoms with van der Waals surface area (Å²) in [6.45, 7) is 1.74. The molecule has 3 aromatic rings. The Morgan fingerprint density at radius 2 is 2.00 bits per heavy atom. The number of amides is 1. The molecule has 130 valence electrons. The number of halogens is 2. The molecule has 25 heavy (non-hydrogen) atoms. The minimum Gasteiger partial charge on any atom is -0.408 e. The monoisotopic (exact) mass is 346 g/mol. The fraction of sp³-hybridized carbons (Fsp3) is 0.222. The Labute approximate surface area is 141 Å². The summed E-state index contributed by atoms with van der Waals surface area (Å²) in [5.41, 5.74) is 1.26. The number of nitrogens with one attached hydrogen (secondary N) is 1. The van der Waals surface area contributed by atoms with Gasteiger partial charge in [0.15, 0.2) is 5.58 Å². The molecule has 3 rings (SSSR count). The minimum atomic E-state index is -0.718. The zero-order chi connectivity index (χ0) is 18.0. The van der Waals surface area contributed by atoms with Crippen LogP contribution in [0.15, 0.2) is 51.7 Å². The lowest BCUT2D eigenvalue weighted by Crippen LogP contribution is -2.29. The Bertz CT molecular complexity index is 978. The van der Waals surface area contributed by atoms with E-state index in [-0.39, 0.29) is 24.4 Å². The first-order chi connectivity index (χ1) is 12.0. The standard InChI is InChI=1S/C18H16F2N2O3/c1-11(13-7-6-12(19)10-14(13)20)21-17(23)8-9-22-15-4-2-3-5-16(15)25-18(22)24/h2-7,10-11H,8-9H2,1H3,(H,21,23)/t11-/m0/s1. The van der Waals surface area contributed by atoms with E-state index in [1.807, 2.05) is 0 Å². The van der Waals surface area contributed by atoms with Crippen LogP contribution in [0.3, 0.4) is 0 Å². The van der Waals surface area contributed by atoms with E-state index in [2.05, 4.69) is 5.32 Å². The summed E-state index contributed by atoms with van der Waals surface area (Å²) in [6.07, 6.45) is 0.0244. The number of carbonyl (C=O) groups is 1. The third kappa shape index (κ3) is 3.60. The van der Waals surface area contributed by atoms with E-state index in [9.17, 15) is 18.4 Å². The van der Waals surface area contributed by atoms with Gasteiger partial charge >= 0.3 is 5.76 Å². The highest BCUT2D eigenvalue weighted by Crippen LogP contribution is 2.18. The summed E-state index contributed by atoms with van der Waals surface area (Å²) < 4.78 is 33.2. The van der Waals surface area contributed by atoms with E-state index in [1.54, 1.807) is 31.2 Å². The zero-order valence-electron chi connectivity index (χ0n) is 13.5. The molecule has 0 radical (unpaired) electrons. The molecule has 1 aromatic heterocycles. The van der Waals surface area contributed by atoms with Crippen molar-refractivity contribution < 1.29 is 18.0 Å². The summed E-state index contributed by atoms with van der Waals surface area (Å²) in [7, 11) is 0. The second-order valence-corrected chi connectivity index (χ2v) is 5.69. The maximum atomic E-state index is 13.7. The van der Waals surface area contributed by atoms with Gasteiger partial charge in [-0.3, -0.25) is 9.36 Å². The maximum absolute atomic E-state index is 13.7. The third-order valence-electron chi connectivity index (χ3n) is 3.94. The first-order valence-electron chi connectivity index (χ1n) is 7.78. The van der Waals surface area contributed by atoms with Crippen LogP contribution >= 0.6 is 0 Å². The maximum Gasteiger partial charge on any atom is 0.419 e. The first kappa shape index (κ1) is 16.9. The third-order valence-corrected chi connectivity index (χ3v) is 3.94. The van der Waals surface area contributed by atoms with Crippen LogP contribution < -0.4 is 11.1 Å². The molecule has 0 aliphatic carbocycles. The number of oxazole rings is 1. The average Bonchev–Trinajstić information content (AvgIpc) is 2.88. The quantitative estimate of drug-likeness (QED) is 0.772. The van der Waals surface area contributed by atoms with Crippen molar-refractivity contribution in [1.29, 1.82) is 0 Å². The molecule has 5 nitrogen and oxygen atoms in total. The van der Waals surface area contributed by atoms with E-state index in [0.29, 0.717) is 11.1 Å². The molecule has 1 atom stereocenters. The highest BCUT2D eigenvalue weighted by Gasteiger charge is 2.15. The van der Waals surface area contributed by atoms with E-state index in [4.69, 9.17) is 4.42 Å². The van der Waals surface area contributed by atoms with Crippen LogP contribution in [0.2, 0.25) is 0 Å². The van der Waals surface area contributed by atoms with Gasteiger partial charge in [-0.2, -0.15) is 0 Å². The Morgan fingerprint density at radius 3 is 2.76 bits per heavy atom. The van der Waals surface area contributed by atoms with Gasteiger partial charge in [0.25, 0.3) is 0 Å². The molecular formula is C18H16F2N2O3. The lowest BCUT2D eigenvalue weighted by molar-refractivity contribution is -0.121. The first-order valence-corrected chi connectivity index (χ1v) is 7.78. The number of hydrogen-bond acceptors (Lipinski definition) is 3. The van der Waals surface area contributed by atoms with Gasteiger partial charge in [0.2, 0.25) is 5.91 Å². The van der Waals surface area contributed by atoms with E-state index >= 15 is 0 Å². The molecule has 1 heterocycles. The minimum absolute atomic E-state index is 0.0244. The van der Waals surface area contributed by atoms with Crippen molar-refractivity contribution in [3.05, 3.63) is 70.2 Å². The number of rotatable bonds is 5. The number of fused-ring (bicyclic) bond motifs is 1. The van der Waals surface area contributed by atoms with Crippen molar-refractivity contribution >= 4 is 17.0 Å². The summed E-state index contributed by atoms with van der Waals surface area (Å²) in [4.78, 5) is 23.9. The van der Waals surface area contributed by atoms with Gasteiger partial charge < -0.3 is 9.73 Å². The van der Waals surface area contributed by atoms with E-state index in [0.717, 1.165) is 12.1 Å². The van der Waals surface area contributed by atoms with E-state index < -0.39 is 23.4 Å². The highest BCUT2D eigenvalue weighted by atomic mass is 19.1. The van der Waals surface area contributed by atoms with Crippen molar-refractivity contribution in [2.75, 3.05) is 0 Å². The van der Waals surface area contributed by atoms with Crippen LogP contribution in [0.1, 0.15) is 24.9 Å². The summed E-state index contributed by atoms with van der Waals surface area (Å²) in [5.74, 6) is -2.28. The molecule has 1 amide bonds. The molecule has 2 aromatic carbocycles. The van der Waals surface area contributed by atoms with Crippen molar-refractivity contribution in [1.82, 2.24) is 9.88 Å². The molecule has 0 bridgehead atoms. The lowest BCUT2D eigenvalue weighted by atomic mass is 10.1. The largest absolute Gasteiger partial charge is 0.419 e. The summed E-state index contributed by atoms with van der Waals surface area (Å²) in [5, 5.41) is 2.64. The van der Waals surface area contributed by atoms with Gasteiger partial charge in [-0.05, 0) is 25.1 Å². The Balaban J connectivity index is 1.66. The fourth-order valence-electron chi connectivity index (χ4n) is 2.68. The molecule has 1 N–H and O–H groups in total. The van der Waals surface area contributed by atoms with Gasteiger partial charge in [-0.1, -0.05) is 18.2 Å². The predicted octanol–water partition coefficient (Wildman–Crippen LogP) is 3.14. The van der Waals surface area contributed by atoms with Crippen LogP contribution in [-0.4, -0.2) is 10.5 Å². The molecule has 7 heteroatoms. The van der Waals surface area contributed by atoms with Gasteiger partial charge in [-0.25, -0.2) is 13.6 Å². The highest BCUT2D eigenvalue weighted by molar-refractivity contribution is 5.77. The Hall–Kier alpha value is -2.96. The van der Waals surface area contributed by atoms with Crippen molar-refractivity contribution in [2.45, 2.75) is 25.9 Å². The van der Waals surface area contributed by atoms with Crippen LogP contribution in [0.5, 0.6) is 0 Å². The number of benzene rings is 2. The molecule has 0 saturated carbocycles. The van der Waals surface area contributed by atoms with Crippen LogP contribution in [0.4, 0.5) is 8.78 Å². The molecule has 0 spiro atoms. The normalized spacial score (nSPS) is 12.3. The Kier molecular flexibility index (Phi) is 4.65. The number of nitrogens with zero attached hydrogens (tertiary/aromatic N) is 1.